The van der Waals surface area contributed by atoms with Crippen LogP contribution >= 0.6 is 12.2 Å². The molecule has 0 unspecified atom stereocenters. The molecular formula is C9H7FN4S. The normalized spacial score (nSPS) is 10.2. The Balaban J connectivity index is 2.49. The molecule has 0 amide bonds. The molecule has 2 aromatic heterocycles. The first kappa shape index (κ1) is 9.72. The van der Waals surface area contributed by atoms with Crippen LogP contribution in [0, 0.1) is 5.82 Å². The van der Waals surface area contributed by atoms with Gasteiger partial charge in [-0.2, -0.15) is 0 Å². The van der Waals surface area contributed by atoms with Crippen LogP contribution in [-0.4, -0.2) is 19.5 Å². The molecule has 0 aliphatic carbocycles. The fourth-order valence-electron chi connectivity index (χ4n) is 1.19. The van der Waals surface area contributed by atoms with Crippen molar-refractivity contribution in [2.75, 3.05) is 0 Å². The molecule has 15 heavy (non-hydrogen) atoms. The minimum absolute atomic E-state index is 0.243. The number of hydrogen-bond acceptors (Lipinski definition) is 3. The summed E-state index contributed by atoms with van der Waals surface area (Å²) in [6.07, 6.45) is 3.89. The van der Waals surface area contributed by atoms with Gasteiger partial charge in [0.1, 0.15) is 4.99 Å². The number of thiocarbonyl (C=S) groups is 1. The van der Waals surface area contributed by atoms with Gasteiger partial charge in [-0.25, -0.2) is 14.4 Å². The second-order valence-corrected chi connectivity index (χ2v) is 3.27. The molecule has 0 spiro atoms. The van der Waals surface area contributed by atoms with Crippen molar-refractivity contribution >= 4 is 17.2 Å². The predicted octanol–water partition coefficient (Wildman–Crippen LogP) is 1.04. The lowest BCUT2D eigenvalue weighted by Gasteiger charge is -2.04. The Bertz CT molecular complexity index is 491. The molecule has 0 fully saturated rings. The third kappa shape index (κ3) is 1.84. The number of nitrogens with zero attached hydrogens (tertiary/aromatic N) is 3. The van der Waals surface area contributed by atoms with Crippen molar-refractivity contribution in [3.05, 3.63) is 42.2 Å². The van der Waals surface area contributed by atoms with E-state index in [1.54, 1.807) is 22.9 Å². The van der Waals surface area contributed by atoms with Gasteiger partial charge in [-0.15, -0.1) is 0 Å². The minimum atomic E-state index is -0.484. The van der Waals surface area contributed by atoms with Crippen molar-refractivity contribution in [2.45, 2.75) is 0 Å². The number of nitrogens with two attached hydrogens (primary N) is 1. The van der Waals surface area contributed by atoms with Crippen LogP contribution in [0.2, 0.25) is 0 Å². The Morgan fingerprint density at radius 1 is 1.40 bits per heavy atom. The van der Waals surface area contributed by atoms with Gasteiger partial charge in [-0.1, -0.05) is 12.2 Å². The van der Waals surface area contributed by atoms with E-state index >= 15 is 0 Å². The van der Waals surface area contributed by atoms with Crippen LogP contribution in [0.5, 0.6) is 0 Å². The van der Waals surface area contributed by atoms with E-state index in [1.165, 1.54) is 0 Å². The van der Waals surface area contributed by atoms with E-state index in [9.17, 15) is 4.39 Å². The average molecular weight is 222 g/mol. The largest absolute Gasteiger partial charge is 0.388 e. The van der Waals surface area contributed by atoms with Crippen LogP contribution in [-0.2, 0) is 0 Å². The molecular weight excluding hydrogens is 215 g/mol. The second-order valence-electron chi connectivity index (χ2n) is 2.83. The minimum Gasteiger partial charge on any atom is -0.388 e. The van der Waals surface area contributed by atoms with Gasteiger partial charge >= 0.3 is 0 Å². The van der Waals surface area contributed by atoms with E-state index < -0.39 is 5.82 Å². The molecule has 0 radical (unpaired) electrons. The Labute approximate surface area is 90.6 Å². The Hall–Kier alpha value is -1.82. The fourth-order valence-corrected chi connectivity index (χ4v) is 1.35. The lowest BCUT2D eigenvalue weighted by molar-refractivity contribution is 0.611. The zero-order chi connectivity index (χ0) is 10.8. The fraction of sp³-hybridized carbons (Fsp3) is 0. The molecule has 76 valence electrons. The van der Waals surface area contributed by atoms with Crippen molar-refractivity contribution in [2.24, 2.45) is 5.73 Å². The SMILES string of the molecule is NC(=S)c1cccn1-c1ncc(F)cn1. The quantitative estimate of drug-likeness (QED) is 0.771. The van der Waals surface area contributed by atoms with Gasteiger partial charge < -0.3 is 5.73 Å². The number of aromatic nitrogens is 3. The maximum atomic E-state index is 12.6. The summed E-state index contributed by atoms with van der Waals surface area (Å²) >= 11 is 4.86. The van der Waals surface area contributed by atoms with E-state index in [0.29, 0.717) is 11.6 Å². The van der Waals surface area contributed by atoms with E-state index in [4.69, 9.17) is 18.0 Å². The first-order valence-corrected chi connectivity index (χ1v) is 4.54. The molecule has 0 bridgehead atoms. The van der Waals surface area contributed by atoms with E-state index in [1.807, 2.05) is 0 Å². The number of halogens is 1. The maximum absolute atomic E-state index is 12.6. The molecule has 0 saturated heterocycles. The van der Waals surface area contributed by atoms with Crippen LogP contribution in [0.1, 0.15) is 5.69 Å². The van der Waals surface area contributed by atoms with Gasteiger partial charge in [-0.05, 0) is 12.1 Å². The van der Waals surface area contributed by atoms with Crippen molar-refractivity contribution in [1.29, 1.82) is 0 Å². The first-order chi connectivity index (χ1) is 7.18. The maximum Gasteiger partial charge on any atom is 0.234 e. The second kappa shape index (κ2) is 3.74. The molecule has 6 heteroatoms. The third-order valence-electron chi connectivity index (χ3n) is 1.82. The summed E-state index contributed by atoms with van der Waals surface area (Å²) in [5, 5.41) is 0. The van der Waals surface area contributed by atoms with Crippen molar-refractivity contribution < 1.29 is 4.39 Å². The van der Waals surface area contributed by atoms with Gasteiger partial charge in [0.25, 0.3) is 0 Å². The summed E-state index contributed by atoms with van der Waals surface area (Å²) in [4.78, 5) is 7.89. The van der Waals surface area contributed by atoms with Gasteiger partial charge in [0.2, 0.25) is 5.95 Å². The van der Waals surface area contributed by atoms with Crippen LogP contribution in [0.4, 0.5) is 4.39 Å². The van der Waals surface area contributed by atoms with Crippen LogP contribution in [0.25, 0.3) is 5.95 Å². The predicted molar refractivity (Wildman–Crippen MR) is 57.2 cm³/mol. The third-order valence-corrected chi connectivity index (χ3v) is 2.03. The Morgan fingerprint density at radius 3 is 2.67 bits per heavy atom. The molecule has 0 atom stereocenters. The van der Waals surface area contributed by atoms with Crippen LogP contribution in [0.3, 0.4) is 0 Å². The zero-order valence-corrected chi connectivity index (χ0v) is 8.41. The molecule has 2 heterocycles. The van der Waals surface area contributed by atoms with Gasteiger partial charge in [-0.3, -0.25) is 4.57 Å². The van der Waals surface area contributed by atoms with Crippen molar-refractivity contribution in [3.8, 4) is 5.95 Å². The Morgan fingerprint density at radius 2 is 2.07 bits per heavy atom. The average Bonchev–Trinajstić information content (AvgIpc) is 2.67. The number of hydrogen-bond donors (Lipinski definition) is 1. The lowest BCUT2D eigenvalue weighted by Crippen LogP contribution is -2.15. The zero-order valence-electron chi connectivity index (χ0n) is 7.59. The molecule has 0 aliphatic heterocycles. The van der Waals surface area contributed by atoms with Gasteiger partial charge in [0.15, 0.2) is 5.82 Å². The van der Waals surface area contributed by atoms with Gasteiger partial charge in [0, 0.05) is 6.20 Å². The summed E-state index contributed by atoms with van der Waals surface area (Å²) < 4.78 is 14.2. The summed E-state index contributed by atoms with van der Waals surface area (Å²) in [5.74, 6) is -0.146. The van der Waals surface area contributed by atoms with Crippen molar-refractivity contribution in [1.82, 2.24) is 14.5 Å². The smallest absolute Gasteiger partial charge is 0.234 e. The molecule has 0 aromatic carbocycles. The van der Waals surface area contributed by atoms with Crippen LogP contribution in [0.15, 0.2) is 30.7 Å². The molecule has 2 rings (SSSR count). The summed E-state index contributed by atoms with van der Waals surface area (Å²) in [6, 6.07) is 3.51. The van der Waals surface area contributed by atoms with Crippen LogP contribution < -0.4 is 5.73 Å². The number of rotatable bonds is 2. The summed E-state index contributed by atoms with van der Waals surface area (Å²) in [5.41, 5.74) is 6.13. The van der Waals surface area contributed by atoms with E-state index in [0.717, 1.165) is 12.4 Å². The monoisotopic (exact) mass is 222 g/mol. The first-order valence-electron chi connectivity index (χ1n) is 4.13. The highest BCUT2D eigenvalue weighted by molar-refractivity contribution is 7.80. The summed E-state index contributed by atoms with van der Waals surface area (Å²) in [7, 11) is 0. The molecule has 2 N–H and O–H groups in total. The Kier molecular flexibility index (Phi) is 2.42. The molecule has 2 aromatic rings. The molecule has 4 nitrogen and oxygen atoms in total. The molecule has 0 saturated carbocycles. The molecule has 0 aliphatic rings. The lowest BCUT2D eigenvalue weighted by atomic mass is 10.4. The topological polar surface area (TPSA) is 56.7 Å². The van der Waals surface area contributed by atoms with Gasteiger partial charge in [0.05, 0.1) is 18.1 Å². The highest BCUT2D eigenvalue weighted by Crippen LogP contribution is 2.07. The van der Waals surface area contributed by atoms with Crippen molar-refractivity contribution in [3.63, 3.8) is 0 Å². The van der Waals surface area contributed by atoms with E-state index in [2.05, 4.69) is 9.97 Å². The highest BCUT2D eigenvalue weighted by atomic mass is 32.1. The highest BCUT2D eigenvalue weighted by Gasteiger charge is 2.07. The van der Waals surface area contributed by atoms with E-state index in [-0.39, 0.29) is 4.99 Å². The summed E-state index contributed by atoms with van der Waals surface area (Å²) in [6.45, 7) is 0. The standard InChI is InChI=1S/C9H7FN4S/c10-6-4-12-9(13-5-6)14-3-1-2-7(14)8(11)15/h1-5H,(H2,11,15).